The Kier molecular flexibility index (Phi) is 4.90. The minimum Gasteiger partial charge on any atom is -0.497 e. The van der Waals surface area contributed by atoms with Crippen molar-refractivity contribution in [2.75, 3.05) is 44.9 Å². The summed E-state index contributed by atoms with van der Waals surface area (Å²) < 4.78 is 5.33. The topological polar surface area (TPSA) is 104 Å². The highest BCUT2D eigenvalue weighted by atomic mass is 16.5. The van der Waals surface area contributed by atoms with Crippen LogP contribution in [0.3, 0.4) is 0 Å². The lowest BCUT2D eigenvalue weighted by atomic mass is 10.1. The number of anilines is 3. The average molecular weight is 378 g/mol. The van der Waals surface area contributed by atoms with E-state index >= 15 is 0 Å². The fourth-order valence-electron chi connectivity index (χ4n) is 2.90. The van der Waals surface area contributed by atoms with E-state index in [1.165, 1.54) is 0 Å². The van der Waals surface area contributed by atoms with E-state index < -0.39 is 0 Å². The predicted octanol–water partition coefficient (Wildman–Crippen LogP) is 2.63. The van der Waals surface area contributed by atoms with Crippen LogP contribution in [0.5, 0.6) is 5.75 Å². The first kappa shape index (κ1) is 17.9. The van der Waals surface area contributed by atoms with Gasteiger partial charge in [-0.15, -0.1) is 0 Å². The van der Waals surface area contributed by atoms with Crippen molar-refractivity contribution in [1.29, 1.82) is 0 Å². The highest BCUT2D eigenvalue weighted by Gasteiger charge is 2.12. The van der Waals surface area contributed by atoms with E-state index in [9.17, 15) is 0 Å². The van der Waals surface area contributed by atoms with Crippen LogP contribution in [0.1, 0.15) is 0 Å². The molecule has 3 heterocycles. The third-order valence-electron chi connectivity index (χ3n) is 4.36. The van der Waals surface area contributed by atoms with Gasteiger partial charge >= 0.3 is 0 Å². The molecule has 0 spiro atoms. The number of benzene rings is 1. The van der Waals surface area contributed by atoms with Gasteiger partial charge in [0.2, 0.25) is 5.95 Å². The molecule has 1 aromatic carbocycles. The van der Waals surface area contributed by atoms with Gasteiger partial charge in [0.15, 0.2) is 5.82 Å². The molecule has 0 atom stereocenters. The fourth-order valence-corrected chi connectivity index (χ4v) is 2.90. The maximum atomic E-state index is 5.33. The van der Waals surface area contributed by atoms with Gasteiger partial charge in [-0.3, -0.25) is 5.10 Å². The van der Waals surface area contributed by atoms with Gasteiger partial charge in [-0.1, -0.05) is 0 Å². The highest BCUT2D eigenvalue weighted by Crippen LogP contribution is 2.31. The van der Waals surface area contributed by atoms with E-state index in [0.717, 1.165) is 46.3 Å². The predicted molar refractivity (Wildman–Crippen MR) is 110 cm³/mol. The summed E-state index contributed by atoms with van der Waals surface area (Å²) in [6, 6.07) is 5.78. The Morgan fingerprint density at radius 2 is 1.93 bits per heavy atom. The van der Waals surface area contributed by atoms with Gasteiger partial charge in [-0.05, 0) is 32.3 Å². The lowest BCUT2D eigenvalue weighted by Crippen LogP contribution is -2.21. The van der Waals surface area contributed by atoms with Gasteiger partial charge in [-0.25, -0.2) is 15.0 Å². The molecule has 0 fully saturated rings. The quantitative estimate of drug-likeness (QED) is 0.451. The number of nitrogens with one attached hydrogen (secondary N) is 3. The van der Waals surface area contributed by atoms with Crippen molar-refractivity contribution >= 4 is 39.3 Å². The van der Waals surface area contributed by atoms with Crippen LogP contribution in [0.25, 0.3) is 21.8 Å². The molecule has 0 saturated carbocycles. The number of H-pyrrole nitrogens is 1. The van der Waals surface area contributed by atoms with Crippen molar-refractivity contribution in [1.82, 2.24) is 30.0 Å². The lowest BCUT2D eigenvalue weighted by molar-refractivity contribution is 0.415. The van der Waals surface area contributed by atoms with Crippen LogP contribution in [-0.2, 0) is 0 Å². The van der Waals surface area contributed by atoms with Crippen molar-refractivity contribution in [3.8, 4) is 5.75 Å². The smallest absolute Gasteiger partial charge is 0.222 e. The molecule has 3 aromatic heterocycles. The number of nitrogens with zero attached hydrogens (tertiary/aromatic N) is 5. The molecule has 0 aliphatic carbocycles. The van der Waals surface area contributed by atoms with E-state index in [1.807, 2.05) is 32.3 Å². The summed E-state index contributed by atoms with van der Waals surface area (Å²) in [5.74, 6) is 2.04. The van der Waals surface area contributed by atoms with E-state index in [0.29, 0.717) is 11.8 Å². The monoisotopic (exact) mass is 378 g/mol. The second-order valence-electron chi connectivity index (χ2n) is 6.65. The van der Waals surface area contributed by atoms with Crippen molar-refractivity contribution in [3.63, 3.8) is 0 Å². The minimum absolute atomic E-state index is 0.595. The van der Waals surface area contributed by atoms with Gasteiger partial charge < -0.3 is 20.3 Å². The third-order valence-corrected chi connectivity index (χ3v) is 4.36. The highest BCUT2D eigenvalue weighted by molar-refractivity contribution is 6.09. The summed E-state index contributed by atoms with van der Waals surface area (Å²) in [4.78, 5) is 15.5. The minimum atomic E-state index is 0.595. The molecule has 0 aliphatic heterocycles. The maximum Gasteiger partial charge on any atom is 0.222 e. The molecular weight excluding hydrogens is 356 g/mol. The van der Waals surface area contributed by atoms with E-state index in [4.69, 9.17) is 9.72 Å². The molecular formula is C19H22N8O. The molecule has 0 bridgehead atoms. The standard InChI is InChI=1S/C19H22N8O/c1-27(2)7-6-20-19-21-9-12(10-22-19)24-18-17-15(11-23-26-17)14-8-13(28-3)4-5-16(14)25-18/h4-5,8-11H,6-7H2,1-3H3,(H,23,26)(H,24,25)(H,20,21,22). The summed E-state index contributed by atoms with van der Waals surface area (Å²) in [6.07, 6.45) is 5.25. The van der Waals surface area contributed by atoms with Crippen LogP contribution in [0, 0.1) is 0 Å². The number of fused-ring (bicyclic) bond motifs is 3. The Bertz CT molecular complexity index is 1090. The van der Waals surface area contributed by atoms with E-state index in [-0.39, 0.29) is 0 Å². The maximum absolute atomic E-state index is 5.33. The average Bonchev–Trinajstić information content (AvgIpc) is 3.19. The second kappa shape index (κ2) is 7.65. The molecule has 3 N–H and O–H groups in total. The molecule has 0 radical (unpaired) electrons. The Balaban J connectivity index is 1.59. The first-order valence-electron chi connectivity index (χ1n) is 8.92. The van der Waals surface area contributed by atoms with Gasteiger partial charge in [0, 0.05) is 23.9 Å². The zero-order chi connectivity index (χ0) is 19.5. The molecule has 0 saturated heterocycles. The van der Waals surface area contributed by atoms with Crippen LogP contribution < -0.4 is 15.4 Å². The molecule has 9 nitrogen and oxygen atoms in total. The number of methoxy groups -OCH3 is 1. The van der Waals surface area contributed by atoms with E-state index in [1.54, 1.807) is 25.7 Å². The number of aromatic nitrogens is 5. The molecule has 0 amide bonds. The van der Waals surface area contributed by atoms with Crippen molar-refractivity contribution in [2.24, 2.45) is 0 Å². The molecule has 0 unspecified atom stereocenters. The largest absolute Gasteiger partial charge is 0.497 e. The third kappa shape index (κ3) is 3.65. The molecule has 4 rings (SSSR count). The Morgan fingerprint density at radius 1 is 1.11 bits per heavy atom. The van der Waals surface area contributed by atoms with Gasteiger partial charge in [0.25, 0.3) is 0 Å². The summed E-state index contributed by atoms with van der Waals surface area (Å²) in [5, 5.41) is 15.6. The van der Waals surface area contributed by atoms with Gasteiger partial charge in [0.1, 0.15) is 11.3 Å². The summed E-state index contributed by atoms with van der Waals surface area (Å²) >= 11 is 0. The Morgan fingerprint density at radius 3 is 2.68 bits per heavy atom. The number of hydrogen-bond donors (Lipinski definition) is 3. The number of likely N-dealkylation sites (N-methyl/N-ethyl adjacent to an activating group) is 1. The summed E-state index contributed by atoms with van der Waals surface area (Å²) in [7, 11) is 5.70. The number of ether oxygens (including phenoxy) is 1. The molecule has 28 heavy (non-hydrogen) atoms. The van der Waals surface area contributed by atoms with Crippen LogP contribution in [0.15, 0.2) is 36.8 Å². The number of pyridine rings is 1. The summed E-state index contributed by atoms with van der Waals surface area (Å²) in [5.41, 5.74) is 2.41. The molecule has 0 aliphatic rings. The van der Waals surface area contributed by atoms with Gasteiger partial charge in [-0.2, -0.15) is 5.10 Å². The second-order valence-corrected chi connectivity index (χ2v) is 6.65. The van der Waals surface area contributed by atoms with Crippen molar-refractivity contribution in [2.45, 2.75) is 0 Å². The number of aromatic amines is 1. The zero-order valence-corrected chi connectivity index (χ0v) is 16.0. The SMILES string of the molecule is COc1ccc2nc(Nc3cnc(NCCN(C)C)nc3)c3[nH]ncc3c2c1. The van der Waals surface area contributed by atoms with E-state index in [2.05, 4.69) is 35.7 Å². The van der Waals surface area contributed by atoms with Crippen LogP contribution in [-0.4, -0.2) is 64.3 Å². The van der Waals surface area contributed by atoms with Crippen LogP contribution in [0.4, 0.5) is 17.5 Å². The lowest BCUT2D eigenvalue weighted by Gasteiger charge is -2.11. The molecule has 4 aromatic rings. The fraction of sp³-hybridized carbons (Fsp3) is 0.263. The van der Waals surface area contributed by atoms with Crippen molar-refractivity contribution in [3.05, 3.63) is 36.8 Å². The number of rotatable bonds is 7. The summed E-state index contributed by atoms with van der Waals surface area (Å²) in [6.45, 7) is 1.69. The molecule has 9 heteroatoms. The zero-order valence-electron chi connectivity index (χ0n) is 16.0. The van der Waals surface area contributed by atoms with Crippen LogP contribution >= 0.6 is 0 Å². The normalized spacial score (nSPS) is 11.3. The Labute approximate surface area is 162 Å². The first-order valence-corrected chi connectivity index (χ1v) is 8.92. The van der Waals surface area contributed by atoms with Crippen molar-refractivity contribution < 1.29 is 4.74 Å². The molecule has 144 valence electrons. The number of hydrogen-bond acceptors (Lipinski definition) is 8. The first-order chi connectivity index (χ1) is 13.6. The van der Waals surface area contributed by atoms with Crippen LogP contribution in [0.2, 0.25) is 0 Å². The Hall–Kier alpha value is -3.46. The van der Waals surface area contributed by atoms with Gasteiger partial charge in [0.05, 0.1) is 36.9 Å².